The number of pyridine rings is 1. The first-order valence-electron chi connectivity index (χ1n) is 10.4. The molecule has 0 spiro atoms. The van der Waals surface area contributed by atoms with Gasteiger partial charge in [0, 0.05) is 49.6 Å². The maximum Gasteiger partial charge on any atom is 0.233 e. The molecular weight excluding hydrogens is 401 g/mol. The van der Waals surface area contributed by atoms with Gasteiger partial charge in [-0.1, -0.05) is 18.2 Å². The molecule has 0 unspecified atom stereocenters. The van der Waals surface area contributed by atoms with E-state index in [1.165, 1.54) is 17.8 Å². The largest absolute Gasteiger partial charge is 0.383 e. The third kappa shape index (κ3) is 7.07. The highest BCUT2D eigenvalue weighted by atomic mass is 32.2. The summed E-state index contributed by atoms with van der Waals surface area (Å²) in [6.07, 6.45) is 5.51. The van der Waals surface area contributed by atoms with Crippen molar-refractivity contribution >= 4 is 17.7 Å². The van der Waals surface area contributed by atoms with Crippen molar-refractivity contribution in [3.05, 3.63) is 60.2 Å². The van der Waals surface area contributed by atoms with Crippen LogP contribution in [0.15, 0.2) is 53.7 Å². The molecule has 5 nitrogen and oxygen atoms in total. The van der Waals surface area contributed by atoms with E-state index >= 15 is 0 Å². The molecule has 0 N–H and O–H groups in total. The van der Waals surface area contributed by atoms with E-state index in [-0.39, 0.29) is 11.7 Å². The van der Waals surface area contributed by atoms with E-state index < -0.39 is 0 Å². The molecule has 1 aromatic carbocycles. The van der Waals surface area contributed by atoms with Gasteiger partial charge in [-0.25, -0.2) is 4.39 Å². The van der Waals surface area contributed by atoms with Crippen LogP contribution in [-0.4, -0.2) is 66.3 Å². The first-order chi connectivity index (χ1) is 14.7. The molecular formula is C23H30FN3O2S. The molecule has 1 aliphatic heterocycles. The second-order valence-corrected chi connectivity index (χ2v) is 8.66. The Morgan fingerprint density at radius 2 is 1.97 bits per heavy atom. The van der Waals surface area contributed by atoms with Crippen LogP contribution >= 0.6 is 11.8 Å². The number of carbonyl (C=O) groups excluding carboxylic acids is 1. The molecule has 0 aliphatic carbocycles. The second-order valence-electron chi connectivity index (χ2n) is 7.62. The molecule has 1 amide bonds. The molecule has 7 heteroatoms. The Labute approximate surface area is 182 Å². The molecule has 0 atom stereocenters. The van der Waals surface area contributed by atoms with Crippen LogP contribution in [0.1, 0.15) is 18.4 Å². The zero-order valence-corrected chi connectivity index (χ0v) is 18.3. The third-order valence-electron chi connectivity index (χ3n) is 5.47. The highest BCUT2D eigenvalue weighted by Crippen LogP contribution is 2.22. The average molecular weight is 432 g/mol. The first-order valence-corrected chi connectivity index (χ1v) is 11.4. The molecule has 1 aliphatic rings. The Morgan fingerprint density at radius 3 is 2.67 bits per heavy atom. The van der Waals surface area contributed by atoms with Crippen LogP contribution in [0.3, 0.4) is 0 Å². The van der Waals surface area contributed by atoms with Crippen LogP contribution in [0.4, 0.5) is 4.39 Å². The summed E-state index contributed by atoms with van der Waals surface area (Å²) in [6, 6.07) is 10.8. The fourth-order valence-electron chi connectivity index (χ4n) is 3.70. The van der Waals surface area contributed by atoms with Crippen LogP contribution in [0.5, 0.6) is 0 Å². The van der Waals surface area contributed by atoms with Gasteiger partial charge in [-0.3, -0.25) is 14.7 Å². The lowest BCUT2D eigenvalue weighted by molar-refractivity contribution is -0.129. The predicted octanol–water partition coefficient (Wildman–Crippen LogP) is 3.70. The fraction of sp³-hybridized carbons (Fsp3) is 0.478. The number of benzene rings is 1. The highest BCUT2D eigenvalue weighted by molar-refractivity contribution is 8.00. The van der Waals surface area contributed by atoms with Crippen LogP contribution < -0.4 is 0 Å². The summed E-state index contributed by atoms with van der Waals surface area (Å²) in [5.74, 6) is 0.888. The van der Waals surface area contributed by atoms with Gasteiger partial charge in [0.15, 0.2) is 0 Å². The minimum Gasteiger partial charge on any atom is -0.383 e. The Bertz CT molecular complexity index is 785. The highest BCUT2D eigenvalue weighted by Gasteiger charge is 2.24. The van der Waals surface area contributed by atoms with Gasteiger partial charge in [0.05, 0.1) is 12.4 Å². The molecule has 1 saturated heterocycles. The van der Waals surface area contributed by atoms with Gasteiger partial charge in [0.2, 0.25) is 5.91 Å². The number of amides is 1. The Hall–Kier alpha value is -1.96. The van der Waals surface area contributed by atoms with Gasteiger partial charge in [-0.2, -0.15) is 0 Å². The SMILES string of the molecule is COCCN(CC1CCN(Cc2ccccc2F)CC1)C(=O)CSc1ccncc1. The maximum absolute atomic E-state index is 13.9. The summed E-state index contributed by atoms with van der Waals surface area (Å²) < 4.78 is 19.1. The number of piperidine rings is 1. The van der Waals surface area contributed by atoms with E-state index in [1.807, 2.05) is 29.2 Å². The number of rotatable bonds is 10. The van der Waals surface area contributed by atoms with Crippen molar-refractivity contribution in [2.75, 3.05) is 45.6 Å². The van der Waals surface area contributed by atoms with Crippen LogP contribution in [0.2, 0.25) is 0 Å². The topological polar surface area (TPSA) is 45.7 Å². The van der Waals surface area contributed by atoms with E-state index in [2.05, 4.69) is 9.88 Å². The quantitative estimate of drug-likeness (QED) is 0.537. The van der Waals surface area contributed by atoms with E-state index in [0.717, 1.165) is 42.9 Å². The van der Waals surface area contributed by atoms with Crippen molar-refractivity contribution in [2.24, 2.45) is 5.92 Å². The minimum absolute atomic E-state index is 0.136. The van der Waals surface area contributed by atoms with Crippen molar-refractivity contribution in [3.8, 4) is 0 Å². The average Bonchev–Trinajstić information content (AvgIpc) is 2.78. The molecule has 0 bridgehead atoms. The van der Waals surface area contributed by atoms with E-state index in [1.54, 1.807) is 25.6 Å². The molecule has 1 aromatic heterocycles. The van der Waals surface area contributed by atoms with Crippen molar-refractivity contribution in [2.45, 2.75) is 24.3 Å². The minimum atomic E-state index is -0.136. The standard InChI is InChI=1S/C23H30FN3O2S/c1-29-15-14-27(23(28)18-30-21-6-10-25-11-7-21)16-19-8-12-26(13-9-19)17-20-4-2-3-5-22(20)24/h2-7,10-11,19H,8-9,12-18H2,1H3. The Morgan fingerprint density at radius 1 is 1.23 bits per heavy atom. The number of hydrogen-bond acceptors (Lipinski definition) is 5. The fourth-order valence-corrected chi connectivity index (χ4v) is 4.48. The summed E-state index contributed by atoms with van der Waals surface area (Å²) >= 11 is 1.54. The van der Waals surface area contributed by atoms with Gasteiger partial charge in [-0.15, -0.1) is 11.8 Å². The zero-order valence-electron chi connectivity index (χ0n) is 17.5. The number of ether oxygens (including phenoxy) is 1. The lowest BCUT2D eigenvalue weighted by Crippen LogP contribution is -2.42. The van der Waals surface area contributed by atoms with Gasteiger partial charge in [0.1, 0.15) is 5.82 Å². The summed E-state index contributed by atoms with van der Waals surface area (Å²) in [5.41, 5.74) is 0.751. The molecule has 0 saturated carbocycles. The first kappa shape index (κ1) is 22.7. The van der Waals surface area contributed by atoms with Crippen LogP contribution in [0, 0.1) is 11.7 Å². The summed E-state index contributed by atoms with van der Waals surface area (Å²) in [5, 5.41) is 0. The lowest BCUT2D eigenvalue weighted by Gasteiger charge is -2.35. The number of likely N-dealkylation sites (tertiary alicyclic amines) is 1. The van der Waals surface area contributed by atoms with E-state index in [9.17, 15) is 9.18 Å². The number of hydrogen-bond donors (Lipinski definition) is 0. The zero-order chi connectivity index (χ0) is 21.2. The maximum atomic E-state index is 13.9. The van der Waals surface area contributed by atoms with Crippen molar-refractivity contribution in [1.82, 2.24) is 14.8 Å². The number of carbonyl (C=O) groups is 1. The molecule has 2 aromatic rings. The molecule has 2 heterocycles. The summed E-state index contributed by atoms with van der Waals surface area (Å²) in [6.45, 7) is 4.41. The van der Waals surface area contributed by atoms with Crippen molar-refractivity contribution in [3.63, 3.8) is 0 Å². The number of halogens is 1. The number of thioether (sulfide) groups is 1. The number of methoxy groups -OCH3 is 1. The molecule has 30 heavy (non-hydrogen) atoms. The van der Waals surface area contributed by atoms with Gasteiger partial charge < -0.3 is 9.64 Å². The van der Waals surface area contributed by atoms with Crippen molar-refractivity contribution < 1.29 is 13.9 Å². The van der Waals surface area contributed by atoms with E-state index in [4.69, 9.17) is 4.74 Å². The van der Waals surface area contributed by atoms with Gasteiger partial charge >= 0.3 is 0 Å². The van der Waals surface area contributed by atoms with E-state index in [0.29, 0.717) is 31.4 Å². The number of aromatic nitrogens is 1. The third-order valence-corrected chi connectivity index (χ3v) is 6.46. The molecule has 162 valence electrons. The predicted molar refractivity (Wildman–Crippen MR) is 118 cm³/mol. The molecule has 1 fully saturated rings. The Balaban J connectivity index is 1.47. The molecule has 3 rings (SSSR count). The smallest absolute Gasteiger partial charge is 0.233 e. The van der Waals surface area contributed by atoms with Crippen molar-refractivity contribution in [1.29, 1.82) is 0 Å². The lowest BCUT2D eigenvalue weighted by atomic mass is 9.95. The van der Waals surface area contributed by atoms with Crippen LogP contribution in [-0.2, 0) is 16.1 Å². The summed E-state index contributed by atoms with van der Waals surface area (Å²) in [4.78, 5) is 22.1. The monoisotopic (exact) mass is 431 g/mol. The Kier molecular flexibility index (Phi) is 9.11. The number of nitrogens with zero attached hydrogens (tertiary/aromatic N) is 3. The summed E-state index contributed by atoms with van der Waals surface area (Å²) in [7, 11) is 1.66. The van der Waals surface area contributed by atoms with Crippen LogP contribution in [0.25, 0.3) is 0 Å². The van der Waals surface area contributed by atoms with Gasteiger partial charge in [-0.05, 0) is 50.0 Å². The normalized spacial score (nSPS) is 15.3. The van der Waals surface area contributed by atoms with Gasteiger partial charge in [0.25, 0.3) is 0 Å². The second kappa shape index (κ2) is 12.0. The molecule has 0 radical (unpaired) electrons.